The first-order valence-corrected chi connectivity index (χ1v) is 10.0. The van der Waals surface area contributed by atoms with Crippen molar-refractivity contribution in [3.63, 3.8) is 0 Å². The molecule has 144 valence electrons. The minimum Gasteiger partial charge on any atom is -0.494 e. The maximum Gasteiger partial charge on any atom is 0.119 e. The Hall–Kier alpha value is -2.42. The summed E-state index contributed by atoms with van der Waals surface area (Å²) in [6.07, 6.45) is 7.81. The van der Waals surface area contributed by atoms with Crippen molar-refractivity contribution in [1.82, 2.24) is 0 Å². The third kappa shape index (κ3) is 7.38. The number of aliphatic imine (C=N–C) groups is 2. The predicted octanol–water partition coefficient (Wildman–Crippen LogP) is 6.22. The monoisotopic (exact) mass is 364 g/mol. The van der Waals surface area contributed by atoms with E-state index in [0.29, 0.717) is 5.92 Å². The van der Waals surface area contributed by atoms with Crippen LogP contribution in [0.1, 0.15) is 45.6 Å². The van der Waals surface area contributed by atoms with Crippen molar-refractivity contribution in [2.45, 2.75) is 46.5 Å². The number of ether oxygens (including phenoxy) is 1. The van der Waals surface area contributed by atoms with Crippen LogP contribution in [0, 0.1) is 5.92 Å². The van der Waals surface area contributed by atoms with E-state index in [9.17, 15) is 0 Å². The van der Waals surface area contributed by atoms with Gasteiger partial charge in [-0.25, -0.2) is 4.99 Å². The molecule has 0 aliphatic heterocycles. The molecule has 0 radical (unpaired) electrons. The van der Waals surface area contributed by atoms with Gasteiger partial charge >= 0.3 is 0 Å². The summed E-state index contributed by atoms with van der Waals surface area (Å²) in [6, 6.07) is 17.2. The van der Waals surface area contributed by atoms with E-state index >= 15 is 0 Å². The Kier molecular flexibility index (Phi) is 9.33. The molecule has 0 aliphatic rings. The number of hydrogen-bond acceptors (Lipinski definition) is 2. The Morgan fingerprint density at radius 2 is 1.85 bits per heavy atom. The predicted molar refractivity (Wildman–Crippen MR) is 117 cm³/mol. The van der Waals surface area contributed by atoms with Crippen LogP contribution in [-0.2, 0) is 6.42 Å². The summed E-state index contributed by atoms with van der Waals surface area (Å²) < 4.78 is 5.76. The van der Waals surface area contributed by atoms with Gasteiger partial charge < -0.3 is 4.74 Å². The van der Waals surface area contributed by atoms with Crippen LogP contribution in [0.4, 0.5) is 0 Å². The molecule has 0 saturated carbocycles. The van der Waals surface area contributed by atoms with E-state index in [0.717, 1.165) is 44.6 Å². The van der Waals surface area contributed by atoms with E-state index in [1.54, 1.807) is 12.6 Å². The third-order valence-corrected chi connectivity index (χ3v) is 4.64. The fourth-order valence-electron chi connectivity index (χ4n) is 2.94. The van der Waals surface area contributed by atoms with E-state index in [4.69, 9.17) is 4.74 Å². The van der Waals surface area contributed by atoms with Crippen molar-refractivity contribution in [2.75, 3.05) is 13.2 Å². The van der Waals surface area contributed by atoms with Gasteiger partial charge in [0, 0.05) is 12.8 Å². The summed E-state index contributed by atoms with van der Waals surface area (Å²) in [7, 11) is 0. The fourth-order valence-corrected chi connectivity index (χ4v) is 2.94. The average Bonchev–Trinajstić information content (AvgIpc) is 2.71. The van der Waals surface area contributed by atoms with Gasteiger partial charge in [0.2, 0.25) is 0 Å². The topological polar surface area (TPSA) is 34.0 Å². The van der Waals surface area contributed by atoms with Crippen LogP contribution in [0.25, 0.3) is 11.1 Å². The largest absolute Gasteiger partial charge is 0.494 e. The molecule has 0 saturated heterocycles. The number of benzene rings is 2. The van der Waals surface area contributed by atoms with Gasteiger partial charge in [-0.15, -0.1) is 0 Å². The molecule has 27 heavy (non-hydrogen) atoms. The first-order chi connectivity index (χ1) is 13.3. The first-order valence-electron chi connectivity index (χ1n) is 10.0. The second-order valence-corrected chi connectivity index (χ2v) is 6.79. The Morgan fingerprint density at radius 1 is 1.04 bits per heavy atom. The SMILES string of the molecule is C/C=N\C=N/CC(CC)Cc1cccc(-c2ccc(OCCCC)cc2)c1. The Labute approximate surface area is 164 Å². The second kappa shape index (κ2) is 12.1. The van der Waals surface area contributed by atoms with Crippen LogP contribution in [-0.4, -0.2) is 25.7 Å². The minimum absolute atomic E-state index is 0.540. The van der Waals surface area contributed by atoms with Crippen LogP contribution >= 0.6 is 0 Å². The van der Waals surface area contributed by atoms with E-state index in [1.807, 2.05) is 6.92 Å². The first kappa shape index (κ1) is 20.9. The molecular weight excluding hydrogens is 332 g/mol. The summed E-state index contributed by atoms with van der Waals surface area (Å²) in [5.41, 5.74) is 3.83. The molecule has 0 amide bonds. The molecule has 0 spiro atoms. The zero-order chi connectivity index (χ0) is 19.3. The smallest absolute Gasteiger partial charge is 0.119 e. The summed E-state index contributed by atoms with van der Waals surface area (Å²) >= 11 is 0. The Morgan fingerprint density at radius 3 is 2.56 bits per heavy atom. The highest BCUT2D eigenvalue weighted by molar-refractivity contribution is 5.70. The number of hydrogen-bond donors (Lipinski definition) is 0. The van der Waals surface area contributed by atoms with Gasteiger partial charge in [-0.05, 0) is 54.5 Å². The Bertz CT molecular complexity index is 719. The molecule has 1 unspecified atom stereocenters. The number of nitrogens with zero attached hydrogens (tertiary/aromatic N) is 2. The highest BCUT2D eigenvalue weighted by Gasteiger charge is 2.08. The molecule has 1 atom stereocenters. The van der Waals surface area contributed by atoms with Gasteiger partial charge in [-0.2, -0.15) is 0 Å². The zero-order valence-electron chi connectivity index (χ0n) is 16.9. The Balaban J connectivity index is 2.01. The third-order valence-electron chi connectivity index (χ3n) is 4.64. The van der Waals surface area contributed by atoms with E-state index in [1.165, 1.54) is 16.7 Å². The molecule has 0 heterocycles. The van der Waals surface area contributed by atoms with E-state index < -0.39 is 0 Å². The molecule has 0 aliphatic carbocycles. The molecule has 2 rings (SSSR count). The minimum atomic E-state index is 0.540. The molecule has 2 aromatic carbocycles. The van der Waals surface area contributed by atoms with E-state index in [2.05, 4.69) is 72.4 Å². The zero-order valence-corrected chi connectivity index (χ0v) is 16.9. The molecule has 0 aromatic heterocycles. The second-order valence-electron chi connectivity index (χ2n) is 6.79. The van der Waals surface area contributed by atoms with Crippen LogP contribution in [0.2, 0.25) is 0 Å². The summed E-state index contributed by atoms with van der Waals surface area (Å²) in [5.74, 6) is 1.49. The summed E-state index contributed by atoms with van der Waals surface area (Å²) in [4.78, 5) is 8.45. The van der Waals surface area contributed by atoms with Crippen LogP contribution in [0.5, 0.6) is 5.75 Å². The van der Waals surface area contributed by atoms with Gasteiger partial charge in [0.25, 0.3) is 0 Å². The maximum atomic E-state index is 5.76. The van der Waals surface area contributed by atoms with Crippen molar-refractivity contribution in [2.24, 2.45) is 15.9 Å². The molecule has 0 N–H and O–H groups in total. The lowest BCUT2D eigenvalue weighted by Gasteiger charge is -2.13. The molecule has 0 fully saturated rings. The molecular formula is C24H32N2O. The highest BCUT2D eigenvalue weighted by Crippen LogP contribution is 2.25. The molecule has 0 bridgehead atoms. The summed E-state index contributed by atoms with van der Waals surface area (Å²) in [5, 5.41) is 0. The van der Waals surface area contributed by atoms with Crippen LogP contribution in [0.15, 0.2) is 58.5 Å². The van der Waals surface area contributed by atoms with Gasteiger partial charge in [-0.3, -0.25) is 4.99 Å². The van der Waals surface area contributed by atoms with Gasteiger partial charge in [0.05, 0.1) is 6.61 Å². The quantitative estimate of drug-likeness (QED) is 0.265. The maximum absolute atomic E-state index is 5.76. The van der Waals surface area contributed by atoms with Crippen molar-refractivity contribution < 1.29 is 4.74 Å². The summed E-state index contributed by atoms with van der Waals surface area (Å²) in [6.45, 7) is 7.91. The van der Waals surface area contributed by atoms with Gasteiger partial charge in [0.1, 0.15) is 12.1 Å². The van der Waals surface area contributed by atoms with E-state index in [-0.39, 0.29) is 0 Å². The lowest BCUT2D eigenvalue weighted by Crippen LogP contribution is -2.07. The highest BCUT2D eigenvalue weighted by atomic mass is 16.5. The normalized spacial score (nSPS) is 12.7. The number of unbranched alkanes of at least 4 members (excludes halogenated alkanes) is 1. The van der Waals surface area contributed by atoms with Gasteiger partial charge in [-0.1, -0.05) is 63.1 Å². The standard InChI is InChI=1S/C24H32N2O/c1-4-7-15-27-24-13-11-22(12-14-24)23-10-8-9-21(17-23)16-20(5-2)18-26-19-25-6-3/h6,8-14,17,19-20H,4-5,7,15-16,18H2,1-3H3/b25-6-,26-19-. The van der Waals surface area contributed by atoms with Crippen LogP contribution in [0.3, 0.4) is 0 Å². The van der Waals surface area contributed by atoms with Crippen molar-refractivity contribution in [3.05, 3.63) is 54.1 Å². The number of rotatable bonds is 11. The van der Waals surface area contributed by atoms with Crippen molar-refractivity contribution >= 4 is 12.6 Å². The average molecular weight is 365 g/mol. The molecule has 3 heteroatoms. The van der Waals surface area contributed by atoms with Crippen molar-refractivity contribution in [1.29, 1.82) is 0 Å². The van der Waals surface area contributed by atoms with Gasteiger partial charge in [0.15, 0.2) is 0 Å². The van der Waals surface area contributed by atoms with Crippen molar-refractivity contribution in [3.8, 4) is 16.9 Å². The fraction of sp³-hybridized carbons (Fsp3) is 0.417. The van der Waals surface area contributed by atoms with Crippen LogP contribution < -0.4 is 4.74 Å². The molecule has 3 nitrogen and oxygen atoms in total. The lowest BCUT2D eigenvalue weighted by molar-refractivity contribution is 0.309. The lowest BCUT2D eigenvalue weighted by atomic mass is 9.94. The molecule has 2 aromatic rings.